The van der Waals surface area contributed by atoms with Crippen molar-refractivity contribution in [3.63, 3.8) is 0 Å². The van der Waals surface area contributed by atoms with Gasteiger partial charge in [-0.05, 0) is 31.4 Å². The number of amides is 2. The third-order valence-electron chi connectivity index (χ3n) is 2.75. The number of carboxylic acid groups (broad SMARTS) is 1. The van der Waals surface area contributed by atoms with Crippen molar-refractivity contribution in [2.45, 2.75) is 32.6 Å². The number of carboxylic acids is 1. The molecule has 0 aliphatic carbocycles. The number of hydrogen-bond donors (Lipinski definition) is 3. The number of anilines is 1. The zero-order valence-electron chi connectivity index (χ0n) is 11.1. The van der Waals surface area contributed by atoms with Crippen molar-refractivity contribution < 1.29 is 14.7 Å². The summed E-state index contributed by atoms with van der Waals surface area (Å²) in [6.07, 6.45) is 2.43. The van der Waals surface area contributed by atoms with Gasteiger partial charge in [0.1, 0.15) is 0 Å². The number of aryl methyl sites for hydroxylation is 1. The van der Waals surface area contributed by atoms with E-state index in [4.69, 9.17) is 5.11 Å². The first-order chi connectivity index (χ1) is 9.09. The summed E-state index contributed by atoms with van der Waals surface area (Å²) in [4.78, 5) is 21.9. The van der Waals surface area contributed by atoms with Gasteiger partial charge in [0.2, 0.25) is 0 Å². The number of urea groups is 1. The molecule has 2 amide bonds. The molecule has 0 fully saturated rings. The highest BCUT2D eigenvalue weighted by molar-refractivity contribution is 5.89. The smallest absolute Gasteiger partial charge is 0.319 e. The Hall–Kier alpha value is -2.04. The topological polar surface area (TPSA) is 78.4 Å². The summed E-state index contributed by atoms with van der Waals surface area (Å²) >= 11 is 0. The van der Waals surface area contributed by atoms with E-state index in [1.54, 1.807) is 0 Å². The molecular weight excluding hydrogens is 244 g/mol. The second kappa shape index (κ2) is 8.13. The van der Waals surface area contributed by atoms with Crippen LogP contribution in [0.25, 0.3) is 0 Å². The summed E-state index contributed by atoms with van der Waals surface area (Å²) in [5.41, 5.74) is 1.81. The van der Waals surface area contributed by atoms with E-state index < -0.39 is 5.97 Å². The molecule has 104 valence electrons. The van der Waals surface area contributed by atoms with E-state index in [2.05, 4.69) is 10.6 Å². The Morgan fingerprint density at radius 2 is 1.89 bits per heavy atom. The lowest BCUT2D eigenvalue weighted by Gasteiger charge is -2.09. The van der Waals surface area contributed by atoms with Crippen molar-refractivity contribution in [2.75, 3.05) is 11.9 Å². The maximum absolute atomic E-state index is 11.6. The largest absolute Gasteiger partial charge is 0.481 e. The third-order valence-corrected chi connectivity index (χ3v) is 2.75. The van der Waals surface area contributed by atoms with Gasteiger partial charge in [-0.2, -0.15) is 0 Å². The lowest BCUT2D eigenvalue weighted by molar-refractivity contribution is -0.137. The molecule has 1 aromatic carbocycles. The van der Waals surface area contributed by atoms with E-state index >= 15 is 0 Å². The van der Waals surface area contributed by atoms with Gasteiger partial charge in [-0.25, -0.2) is 4.79 Å². The molecular formula is C14H20N2O3. The van der Waals surface area contributed by atoms with Crippen LogP contribution >= 0.6 is 0 Å². The summed E-state index contributed by atoms with van der Waals surface area (Å²) in [6.45, 7) is 2.48. The van der Waals surface area contributed by atoms with Crippen molar-refractivity contribution in [3.8, 4) is 0 Å². The zero-order valence-corrected chi connectivity index (χ0v) is 11.1. The fourth-order valence-electron chi connectivity index (χ4n) is 1.66. The molecule has 19 heavy (non-hydrogen) atoms. The van der Waals surface area contributed by atoms with E-state index in [1.807, 2.05) is 31.2 Å². The monoisotopic (exact) mass is 264 g/mol. The number of benzene rings is 1. The summed E-state index contributed by atoms with van der Waals surface area (Å²) in [5, 5.41) is 14.0. The highest BCUT2D eigenvalue weighted by Gasteiger charge is 2.03. The van der Waals surface area contributed by atoms with E-state index in [9.17, 15) is 9.59 Å². The molecule has 0 bridgehead atoms. The minimum absolute atomic E-state index is 0.190. The molecule has 1 aromatic rings. The Labute approximate surface area is 113 Å². The van der Waals surface area contributed by atoms with E-state index in [0.717, 1.165) is 24.1 Å². The quantitative estimate of drug-likeness (QED) is 0.662. The minimum atomic E-state index is -0.773. The Balaban J connectivity index is 2.15. The molecule has 0 aromatic heterocycles. The molecule has 5 heteroatoms. The van der Waals surface area contributed by atoms with Crippen molar-refractivity contribution in [2.24, 2.45) is 0 Å². The summed E-state index contributed by atoms with van der Waals surface area (Å²) in [6, 6.07) is 7.34. The van der Waals surface area contributed by atoms with Gasteiger partial charge in [0.15, 0.2) is 0 Å². The van der Waals surface area contributed by atoms with Crippen LogP contribution < -0.4 is 10.6 Å². The number of carbonyl (C=O) groups excluding carboxylic acids is 1. The van der Waals surface area contributed by atoms with Crippen LogP contribution in [-0.4, -0.2) is 23.7 Å². The summed E-state index contributed by atoms with van der Waals surface area (Å²) in [7, 11) is 0. The zero-order chi connectivity index (χ0) is 14.1. The van der Waals surface area contributed by atoms with E-state index in [-0.39, 0.29) is 12.5 Å². The molecule has 0 atom stereocenters. The SMILES string of the molecule is Cc1ccccc1NC(=O)NCCCCCC(=O)O. The van der Waals surface area contributed by atoms with Gasteiger partial charge in [0.05, 0.1) is 0 Å². The number of carbonyl (C=O) groups is 2. The average Bonchev–Trinajstić information content (AvgIpc) is 2.36. The third kappa shape index (κ3) is 6.45. The van der Waals surface area contributed by atoms with Gasteiger partial charge < -0.3 is 15.7 Å². The molecule has 0 saturated heterocycles. The fourth-order valence-corrected chi connectivity index (χ4v) is 1.66. The number of aliphatic carboxylic acids is 1. The Morgan fingerprint density at radius 3 is 2.58 bits per heavy atom. The summed E-state index contributed by atoms with van der Waals surface area (Å²) in [5.74, 6) is -0.773. The van der Waals surface area contributed by atoms with Crippen LogP contribution in [0.5, 0.6) is 0 Å². The van der Waals surface area contributed by atoms with Gasteiger partial charge in [0.25, 0.3) is 0 Å². The van der Waals surface area contributed by atoms with E-state index in [1.165, 1.54) is 0 Å². The molecule has 5 nitrogen and oxygen atoms in total. The van der Waals surface area contributed by atoms with Crippen molar-refractivity contribution >= 4 is 17.7 Å². The van der Waals surface area contributed by atoms with Crippen LogP contribution in [-0.2, 0) is 4.79 Å². The second-order valence-corrected chi connectivity index (χ2v) is 4.40. The highest BCUT2D eigenvalue weighted by atomic mass is 16.4. The molecule has 0 aliphatic rings. The van der Waals surface area contributed by atoms with Crippen LogP contribution in [0, 0.1) is 6.92 Å². The molecule has 0 unspecified atom stereocenters. The minimum Gasteiger partial charge on any atom is -0.481 e. The van der Waals surface area contributed by atoms with Crippen LogP contribution in [0.15, 0.2) is 24.3 Å². The van der Waals surface area contributed by atoms with Crippen LogP contribution in [0.3, 0.4) is 0 Å². The molecule has 0 saturated carbocycles. The van der Waals surface area contributed by atoms with Crippen LogP contribution in [0.1, 0.15) is 31.2 Å². The van der Waals surface area contributed by atoms with Gasteiger partial charge in [-0.1, -0.05) is 24.6 Å². The van der Waals surface area contributed by atoms with Crippen molar-refractivity contribution in [3.05, 3.63) is 29.8 Å². The molecule has 3 N–H and O–H groups in total. The predicted octanol–water partition coefficient (Wildman–Crippen LogP) is 2.76. The number of unbranched alkanes of at least 4 members (excludes halogenated alkanes) is 2. The van der Waals surface area contributed by atoms with Gasteiger partial charge in [-0.15, -0.1) is 0 Å². The maximum Gasteiger partial charge on any atom is 0.319 e. The molecule has 0 radical (unpaired) electrons. The number of rotatable bonds is 7. The molecule has 1 rings (SSSR count). The number of hydrogen-bond acceptors (Lipinski definition) is 2. The van der Waals surface area contributed by atoms with Crippen molar-refractivity contribution in [1.82, 2.24) is 5.32 Å². The lowest BCUT2D eigenvalue weighted by atomic mass is 10.2. The standard InChI is InChI=1S/C14H20N2O3/c1-11-7-4-5-8-12(11)16-14(19)15-10-6-2-3-9-13(17)18/h4-5,7-8H,2-3,6,9-10H2,1H3,(H,17,18)(H2,15,16,19). The first-order valence-corrected chi connectivity index (χ1v) is 6.42. The predicted molar refractivity (Wildman–Crippen MR) is 74.3 cm³/mol. The molecule has 0 aliphatic heterocycles. The van der Waals surface area contributed by atoms with E-state index in [0.29, 0.717) is 13.0 Å². The summed E-state index contributed by atoms with van der Waals surface area (Å²) < 4.78 is 0. The highest BCUT2D eigenvalue weighted by Crippen LogP contribution is 2.12. The normalized spacial score (nSPS) is 9.95. The Kier molecular flexibility index (Phi) is 6.43. The van der Waals surface area contributed by atoms with Gasteiger partial charge in [0, 0.05) is 18.7 Å². The Morgan fingerprint density at radius 1 is 1.16 bits per heavy atom. The first kappa shape index (κ1) is 15.0. The fraction of sp³-hybridized carbons (Fsp3) is 0.429. The lowest BCUT2D eigenvalue weighted by Crippen LogP contribution is -2.29. The molecule has 0 heterocycles. The molecule has 0 spiro atoms. The van der Waals surface area contributed by atoms with Crippen LogP contribution in [0.2, 0.25) is 0 Å². The number of nitrogens with one attached hydrogen (secondary N) is 2. The first-order valence-electron chi connectivity index (χ1n) is 6.42. The number of para-hydroxylation sites is 1. The average molecular weight is 264 g/mol. The maximum atomic E-state index is 11.6. The van der Waals surface area contributed by atoms with Gasteiger partial charge in [-0.3, -0.25) is 4.79 Å². The second-order valence-electron chi connectivity index (χ2n) is 4.40. The van der Waals surface area contributed by atoms with Crippen molar-refractivity contribution in [1.29, 1.82) is 0 Å². The van der Waals surface area contributed by atoms with Crippen LogP contribution in [0.4, 0.5) is 10.5 Å². The Bertz CT molecular complexity index is 432. The van der Waals surface area contributed by atoms with Gasteiger partial charge >= 0.3 is 12.0 Å².